The van der Waals surface area contributed by atoms with Gasteiger partial charge in [0.25, 0.3) is 0 Å². The summed E-state index contributed by atoms with van der Waals surface area (Å²) in [6, 6.07) is 8.71. The monoisotopic (exact) mass is 288 g/mol. The second kappa shape index (κ2) is 7.08. The SMILES string of the molecule is CC(C)(C)c1ccc(CCNC(=O)CNCC2CC2)cc1. The summed E-state index contributed by atoms with van der Waals surface area (Å²) in [5.74, 6) is 0.918. The maximum Gasteiger partial charge on any atom is 0.233 e. The standard InChI is InChI=1S/C18H28N2O/c1-18(2,3)16-8-6-14(7-9-16)10-11-20-17(21)13-19-12-15-4-5-15/h6-9,15,19H,4-5,10-13H2,1-3H3,(H,20,21). The minimum atomic E-state index is 0.0990. The van der Waals surface area contributed by atoms with Gasteiger partial charge < -0.3 is 10.6 Å². The van der Waals surface area contributed by atoms with Crippen molar-refractivity contribution in [3.05, 3.63) is 35.4 Å². The fraction of sp³-hybridized carbons (Fsp3) is 0.611. The smallest absolute Gasteiger partial charge is 0.233 e. The number of carbonyl (C=O) groups excluding carboxylic acids is 1. The van der Waals surface area contributed by atoms with Crippen LogP contribution in [0.4, 0.5) is 0 Å². The predicted molar refractivity (Wildman–Crippen MR) is 87.4 cm³/mol. The summed E-state index contributed by atoms with van der Waals surface area (Å²) >= 11 is 0. The molecule has 21 heavy (non-hydrogen) atoms. The summed E-state index contributed by atoms with van der Waals surface area (Å²) in [5, 5.41) is 6.18. The topological polar surface area (TPSA) is 41.1 Å². The van der Waals surface area contributed by atoms with Crippen molar-refractivity contribution >= 4 is 5.91 Å². The fourth-order valence-corrected chi connectivity index (χ4v) is 2.29. The third-order valence-corrected chi connectivity index (χ3v) is 3.97. The Morgan fingerprint density at radius 3 is 2.43 bits per heavy atom. The molecule has 0 aromatic heterocycles. The summed E-state index contributed by atoms with van der Waals surface area (Å²) in [4.78, 5) is 11.6. The van der Waals surface area contributed by atoms with Gasteiger partial charge in [-0.05, 0) is 48.3 Å². The van der Waals surface area contributed by atoms with Crippen molar-refractivity contribution in [1.29, 1.82) is 0 Å². The van der Waals surface area contributed by atoms with Gasteiger partial charge in [0.15, 0.2) is 0 Å². The minimum Gasteiger partial charge on any atom is -0.355 e. The molecule has 0 spiro atoms. The number of benzene rings is 1. The van der Waals surface area contributed by atoms with Crippen molar-refractivity contribution in [2.45, 2.75) is 45.4 Å². The van der Waals surface area contributed by atoms with E-state index in [9.17, 15) is 4.79 Å². The van der Waals surface area contributed by atoms with Crippen LogP contribution in [-0.4, -0.2) is 25.5 Å². The van der Waals surface area contributed by atoms with Gasteiger partial charge in [0, 0.05) is 6.54 Å². The average Bonchev–Trinajstić information content (AvgIpc) is 3.22. The van der Waals surface area contributed by atoms with E-state index >= 15 is 0 Å². The van der Waals surface area contributed by atoms with Crippen molar-refractivity contribution < 1.29 is 4.79 Å². The third-order valence-electron chi connectivity index (χ3n) is 3.97. The van der Waals surface area contributed by atoms with Crippen LogP contribution in [-0.2, 0) is 16.6 Å². The van der Waals surface area contributed by atoms with Gasteiger partial charge in [-0.2, -0.15) is 0 Å². The number of hydrogen-bond acceptors (Lipinski definition) is 2. The number of hydrogen-bond donors (Lipinski definition) is 2. The molecule has 1 fully saturated rings. The lowest BCUT2D eigenvalue weighted by Crippen LogP contribution is -2.35. The number of carbonyl (C=O) groups is 1. The molecule has 0 heterocycles. The van der Waals surface area contributed by atoms with Crippen molar-refractivity contribution in [2.24, 2.45) is 5.92 Å². The lowest BCUT2D eigenvalue weighted by Gasteiger charge is -2.19. The molecule has 0 unspecified atom stereocenters. The van der Waals surface area contributed by atoms with Gasteiger partial charge in [-0.3, -0.25) is 4.79 Å². The number of nitrogens with one attached hydrogen (secondary N) is 2. The van der Waals surface area contributed by atoms with Crippen LogP contribution >= 0.6 is 0 Å². The Hall–Kier alpha value is -1.35. The molecule has 0 aliphatic heterocycles. The van der Waals surface area contributed by atoms with Crippen LogP contribution in [0.5, 0.6) is 0 Å². The first-order chi connectivity index (χ1) is 9.95. The quantitative estimate of drug-likeness (QED) is 0.810. The summed E-state index contributed by atoms with van der Waals surface area (Å²) in [6.07, 6.45) is 3.52. The number of amides is 1. The summed E-state index contributed by atoms with van der Waals surface area (Å²) in [6.45, 7) is 8.80. The molecule has 0 saturated heterocycles. The summed E-state index contributed by atoms with van der Waals surface area (Å²) < 4.78 is 0. The van der Waals surface area contributed by atoms with Gasteiger partial charge in [0.1, 0.15) is 0 Å². The lowest BCUT2D eigenvalue weighted by molar-refractivity contribution is -0.120. The van der Waals surface area contributed by atoms with Gasteiger partial charge >= 0.3 is 0 Å². The molecule has 0 radical (unpaired) electrons. The average molecular weight is 288 g/mol. The predicted octanol–water partition coefficient (Wildman–Crippen LogP) is 2.64. The van der Waals surface area contributed by atoms with E-state index in [4.69, 9.17) is 0 Å². The van der Waals surface area contributed by atoms with Crippen LogP contribution in [0.25, 0.3) is 0 Å². The van der Waals surface area contributed by atoms with Gasteiger partial charge in [-0.1, -0.05) is 45.0 Å². The Morgan fingerprint density at radius 2 is 1.86 bits per heavy atom. The molecule has 1 amide bonds. The van der Waals surface area contributed by atoms with Crippen molar-refractivity contribution in [3.8, 4) is 0 Å². The maximum atomic E-state index is 11.6. The zero-order valence-electron chi connectivity index (χ0n) is 13.5. The van der Waals surface area contributed by atoms with Crippen LogP contribution in [0.3, 0.4) is 0 Å². The lowest BCUT2D eigenvalue weighted by atomic mass is 9.86. The second-order valence-electron chi connectivity index (χ2n) is 7.12. The molecule has 2 rings (SSSR count). The highest BCUT2D eigenvalue weighted by atomic mass is 16.1. The first kappa shape index (κ1) is 16.0. The largest absolute Gasteiger partial charge is 0.355 e. The first-order valence-corrected chi connectivity index (χ1v) is 8.02. The summed E-state index contributed by atoms with van der Waals surface area (Å²) in [7, 11) is 0. The van der Waals surface area contributed by atoms with Gasteiger partial charge in [-0.15, -0.1) is 0 Å². The van der Waals surface area contributed by atoms with E-state index in [1.807, 2.05) is 0 Å². The molecule has 0 bridgehead atoms. The van der Waals surface area contributed by atoms with Crippen molar-refractivity contribution in [3.63, 3.8) is 0 Å². The highest BCUT2D eigenvalue weighted by Crippen LogP contribution is 2.27. The molecule has 1 aliphatic rings. The van der Waals surface area contributed by atoms with Gasteiger partial charge in [0.2, 0.25) is 5.91 Å². The fourth-order valence-electron chi connectivity index (χ4n) is 2.29. The van der Waals surface area contributed by atoms with Crippen LogP contribution in [0.15, 0.2) is 24.3 Å². The zero-order valence-corrected chi connectivity index (χ0v) is 13.5. The van der Waals surface area contributed by atoms with E-state index in [1.54, 1.807) is 0 Å². The molecule has 3 heteroatoms. The van der Waals surface area contributed by atoms with E-state index in [-0.39, 0.29) is 11.3 Å². The first-order valence-electron chi connectivity index (χ1n) is 8.02. The molecular weight excluding hydrogens is 260 g/mol. The van der Waals surface area contributed by atoms with E-state index in [1.165, 1.54) is 24.0 Å². The molecule has 2 N–H and O–H groups in total. The van der Waals surface area contributed by atoms with Gasteiger partial charge in [-0.25, -0.2) is 0 Å². The normalized spacial score (nSPS) is 15.0. The maximum absolute atomic E-state index is 11.6. The van der Waals surface area contributed by atoms with Crippen LogP contribution in [0, 0.1) is 5.92 Å². The minimum absolute atomic E-state index is 0.0990. The molecule has 3 nitrogen and oxygen atoms in total. The Labute approximate surface area is 128 Å². The molecular formula is C18H28N2O. The Balaban J connectivity index is 1.64. The van der Waals surface area contributed by atoms with Crippen molar-refractivity contribution in [1.82, 2.24) is 10.6 Å². The number of rotatable bonds is 7. The van der Waals surface area contributed by atoms with Crippen LogP contribution < -0.4 is 10.6 Å². The van der Waals surface area contributed by atoms with E-state index in [0.717, 1.165) is 18.9 Å². The molecule has 0 atom stereocenters. The Morgan fingerprint density at radius 1 is 1.19 bits per heavy atom. The highest BCUT2D eigenvalue weighted by molar-refractivity contribution is 5.77. The highest BCUT2D eigenvalue weighted by Gasteiger charge is 2.20. The molecule has 1 aromatic carbocycles. The van der Waals surface area contributed by atoms with E-state index in [0.29, 0.717) is 13.1 Å². The third kappa shape index (κ3) is 5.88. The van der Waals surface area contributed by atoms with Crippen LogP contribution in [0.1, 0.15) is 44.7 Å². The van der Waals surface area contributed by atoms with E-state index in [2.05, 4.69) is 55.7 Å². The Kier molecular flexibility index (Phi) is 5.40. The second-order valence-corrected chi connectivity index (χ2v) is 7.12. The molecule has 116 valence electrons. The van der Waals surface area contributed by atoms with Crippen molar-refractivity contribution in [2.75, 3.05) is 19.6 Å². The van der Waals surface area contributed by atoms with E-state index < -0.39 is 0 Å². The van der Waals surface area contributed by atoms with Gasteiger partial charge in [0.05, 0.1) is 6.54 Å². The Bertz CT molecular complexity index is 455. The zero-order chi connectivity index (χ0) is 15.3. The summed E-state index contributed by atoms with van der Waals surface area (Å²) in [5.41, 5.74) is 2.81. The van der Waals surface area contributed by atoms with Crippen LogP contribution in [0.2, 0.25) is 0 Å². The molecule has 1 saturated carbocycles. The molecule has 1 aliphatic carbocycles. The molecule has 1 aromatic rings.